The number of benzene rings is 2. The second-order valence-electron chi connectivity index (χ2n) is 6.05. The van der Waals surface area contributed by atoms with E-state index in [4.69, 9.17) is 10.5 Å². The largest absolute Gasteiger partial charge is 0.417 e. The van der Waals surface area contributed by atoms with Crippen molar-refractivity contribution in [3.63, 3.8) is 0 Å². The number of hydrogen-bond acceptors (Lipinski definition) is 6. The van der Waals surface area contributed by atoms with Crippen LogP contribution in [0.4, 0.5) is 18.9 Å². The summed E-state index contributed by atoms with van der Waals surface area (Å²) in [6.45, 7) is 1.25. The summed E-state index contributed by atoms with van der Waals surface area (Å²) in [6, 6.07) is 11.2. The number of carbonyl (C=O) groups is 1. The third-order valence-electron chi connectivity index (χ3n) is 3.70. The Hall–Kier alpha value is -2.66. The van der Waals surface area contributed by atoms with Gasteiger partial charge >= 0.3 is 6.18 Å². The first-order valence-electron chi connectivity index (χ1n) is 8.01. The molecular weight excluding hydrogens is 423 g/mol. The number of aliphatic hydroxyl groups is 1. The highest BCUT2D eigenvalue weighted by atomic mass is 32.2. The third-order valence-corrected chi connectivity index (χ3v) is 5.61. The van der Waals surface area contributed by atoms with Crippen LogP contribution in [-0.2, 0) is 11.0 Å². The van der Waals surface area contributed by atoms with E-state index in [1.807, 2.05) is 5.40 Å². The number of thiocyanates is 1. The number of thioether (sulfide) groups is 2. The number of halogens is 3. The Morgan fingerprint density at radius 1 is 1.14 bits per heavy atom. The van der Waals surface area contributed by atoms with Crippen LogP contribution in [0.2, 0.25) is 0 Å². The second kappa shape index (κ2) is 9.23. The molecule has 0 fully saturated rings. The van der Waals surface area contributed by atoms with Crippen molar-refractivity contribution in [2.75, 3.05) is 11.1 Å². The van der Waals surface area contributed by atoms with Gasteiger partial charge in [0.25, 0.3) is 5.91 Å². The first-order chi connectivity index (χ1) is 13.6. The summed E-state index contributed by atoms with van der Waals surface area (Å²) in [5.41, 5.74) is -3.76. The molecule has 2 N–H and O–H groups in total. The standard InChI is InChI=1S/C19H14F3N3O2S2/c1-18(27,10-28-14-4-6-15(7-5-14)29-11-24)17(26)25-13-3-2-12(9-23)16(8-13)19(20,21)22/h2-8,27H,10H2,1H3,(H,25,26)/t18-/m1/s1. The van der Waals surface area contributed by atoms with Crippen LogP contribution in [0.3, 0.4) is 0 Å². The fourth-order valence-electron chi connectivity index (χ4n) is 2.17. The van der Waals surface area contributed by atoms with Crippen molar-refractivity contribution in [1.82, 2.24) is 0 Å². The van der Waals surface area contributed by atoms with Gasteiger partial charge in [-0.1, -0.05) is 0 Å². The molecule has 1 amide bonds. The average Bonchev–Trinajstić information content (AvgIpc) is 2.67. The van der Waals surface area contributed by atoms with E-state index in [-0.39, 0.29) is 11.4 Å². The quantitative estimate of drug-likeness (QED) is 0.505. The van der Waals surface area contributed by atoms with Gasteiger partial charge in [0, 0.05) is 21.2 Å². The van der Waals surface area contributed by atoms with Crippen molar-refractivity contribution in [2.45, 2.75) is 28.5 Å². The Morgan fingerprint density at radius 2 is 1.76 bits per heavy atom. The van der Waals surface area contributed by atoms with Gasteiger partial charge in [0.2, 0.25) is 0 Å². The number of anilines is 1. The first-order valence-corrected chi connectivity index (χ1v) is 9.81. The number of alkyl halides is 3. The molecule has 0 aliphatic heterocycles. The van der Waals surface area contributed by atoms with Crippen molar-refractivity contribution in [3.05, 3.63) is 53.6 Å². The third kappa shape index (κ3) is 6.16. The van der Waals surface area contributed by atoms with E-state index in [1.54, 1.807) is 24.3 Å². The zero-order chi connectivity index (χ0) is 21.7. The molecular formula is C19H14F3N3O2S2. The van der Waals surface area contributed by atoms with Gasteiger partial charge < -0.3 is 10.4 Å². The average molecular weight is 437 g/mol. The zero-order valence-corrected chi connectivity index (χ0v) is 16.6. The van der Waals surface area contributed by atoms with Gasteiger partial charge in [-0.3, -0.25) is 4.79 Å². The molecule has 0 unspecified atom stereocenters. The molecule has 0 saturated carbocycles. The van der Waals surface area contributed by atoms with E-state index in [9.17, 15) is 23.1 Å². The molecule has 0 spiro atoms. The van der Waals surface area contributed by atoms with Crippen LogP contribution in [0.5, 0.6) is 0 Å². The molecule has 0 saturated heterocycles. The summed E-state index contributed by atoms with van der Waals surface area (Å²) in [7, 11) is 0. The van der Waals surface area contributed by atoms with Crippen LogP contribution in [0.15, 0.2) is 52.3 Å². The predicted octanol–water partition coefficient (Wildman–Crippen LogP) is 4.63. The minimum Gasteiger partial charge on any atom is -0.379 e. The molecule has 0 aliphatic carbocycles. The highest BCUT2D eigenvalue weighted by Crippen LogP contribution is 2.34. The number of nitriles is 2. The number of amides is 1. The maximum absolute atomic E-state index is 13.0. The van der Waals surface area contributed by atoms with E-state index >= 15 is 0 Å². The lowest BCUT2D eigenvalue weighted by atomic mass is 10.1. The van der Waals surface area contributed by atoms with Crippen LogP contribution in [0, 0.1) is 22.0 Å². The van der Waals surface area contributed by atoms with Crippen molar-refractivity contribution in [1.29, 1.82) is 10.5 Å². The van der Waals surface area contributed by atoms with Gasteiger partial charge in [0.1, 0.15) is 11.0 Å². The van der Waals surface area contributed by atoms with Gasteiger partial charge in [-0.2, -0.15) is 23.7 Å². The van der Waals surface area contributed by atoms with Crippen LogP contribution in [0.25, 0.3) is 0 Å². The Kier molecular flexibility index (Phi) is 7.20. The van der Waals surface area contributed by atoms with Crippen LogP contribution in [-0.4, -0.2) is 22.4 Å². The van der Waals surface area contributed by atoms with Crippen molar-refractivity contribution in [2.24, 2.45) is 0 Å². The maximum Gasteiger partial charge on any atom is 0.417 e. The van der Waals surface area contributed by atoms with Gasteiger partial charge in [0.15, 0.2) is 0 Å². The summed E-state index contributed by atoms with van der Waals surface area (Å²) in [5, 5.41) is 32.1. The number of hydrogen-bond donors (Lipinski definition) is 2. The summed E-state index contributed by atoms with van der Waals surface area (Å²) in [6.07, 6.45) is -4.75. The molecule has 1 atom stereocenters. The van der Waals surface area contributed by atoms with Crippen LogP contribution < -0.4 is 5.32 Å². The fourth-order valence-corrected chi connectivity index (χ4v) is 3.45. The van der Waals surface area contributed by atoms with Gasteiger partial charge in [-0.25, -0.2) is 0 Å². The van der Waals surface area contributed by atoms with E-state index in [0.29, 0.717) is 6.07 Å². The lowest BCUT2D eigenvalue weighted by Crippen LogP contribution is -2.42. The summed E-state index contributed by atoms with van der Waals surface area (Å²) < 4.78 is 39.1. The van der Waals surface area contributed by atoms with E-state index in [1.165, 1.54) is 30.8 Å². The minimum atomic E-state index is -4.75. The molecule has 0 heterocycles. The molecule has 29 heavy (non-hydrogen) atoms. The molecule has 5 nitrogen and oxygen atoms in total. The van der Waals surface area contributed by atoms with E-state index in [0.717, 1.165) is 27.6 Å². The molecule has 10 heteroatoms. The monoisotopic (exact) mass is 437 g/mol. The molecule has 2 rings (SSSR count). The first kappa shape index (κ1) is 22.6. The Morgan fingerprint density at radius 3 is 2.31 bits per heavy atom. The van der Waals surface area contributed by atoms with Gasteiger partial charge in [-0.05, 0) is 61.2 Å². The molecule has 0 radical (unpaired) electrons. The lowest BCUT2D eigenvalue weighted by molar-refractivity contribution is -0.137. The topological polar surface area (TPSA) is 96.9 Å². The van der Waals surface area contributed by atoms with Crippen molar-refractivity contribution >= 4 is 35.1 Å². The molecule has 0 aromatic heterocycles. The lowest BCUT2D eigenvalue weighted by Gasteiger charge is -2.22. The Labute approximate surface area is 173 Å². The van der Waals surface area contributed by atoms with E-state index < -0.39 is 28.8 Å². The number of carbonyl (C=O) groups excluding carboxylic acids is 1. The fraction of sp³-hybridized carbons (Fsp3) is 0.211. The van der Waals surface area contributed by atoms with Gasteiger partial charge in [-0.15, -0.1) is 11.8 Å². The highest BCUT2D eigenvalue weighted by molar-refractivity contribution is 8.03. The Balaban J connectivity index is 2.07. The number of nitrogens with zero attached hydrogens (tertiary/aromatic N) is 2. The van der Waals surface area contributed by atoms with Crippen molar-refractivity contribution in [3.8, 4) is 11.5 Å². The summed E-state index contributed by atoms with van der Waals surface area (Å²) >= 11 is 2.18. The van der Waals surface area contributed by atoms with Crippen molar-refractivity contribution < 1.29 is 23.1 Å². The second-order valence-corrected chi connectivity index (χ2v) is 7.96. The molecule has 2 aromatic carbocycles. The summed E-state index contributed by atoms with van der Waals surface area (Å²) in [5.74, 6) is -0.925. The normalized spacial score (nSPS) is 13.1. The van der Waals surface area contributed by atoms with Gasteiger partial charge in [0.05, 0.1) is 17.2 Å². The SMILES string of the molecule is C[C@@](O)(CSc1ccc(SC#N)cc1)C(=O)Nc1ccc(C#N)c(C(F)(F)F)c1. The smallest absolute Gasteiger partial charge is 0.379 e. The van der Waals surface area contributed by atoms with E-state index in [2.05, 4.69) is 5.32 Å². The Bertz CT molecular complexity index is 978. The molecule has 0 aliphatic rings. The van der Waals surface area contributed by atoms with Crippen LogP contribution in [0.1, 0.15) is 18.1 Å². The van der Waals surface area contributed by atoms with Crippen LogP contribution >= 0.6 is 23.5 Å². The predicted molar refractivity (Wildman–Crippen MR) is 104 cm³/mol. The number of rotatable bonds is 6. The number of nitrogens with one attached hydrogen (secondary N) is 1. The molecule has 2 aromatic rings. The zero-order valence-electron chi connectivity index (χ0n) is 14.9. The molecule has 0 bridgehead atoms. The highest BCUT2D eigenvalue weighted by Gasteiger charge is 2.35. The summed E-state index contributed by atoms with van der Waals surface area (Å²) in [4.78, 5) is 13.9. The maximum atomic E-state index is 13.0. The molecule has 150 valence electrons. The minimum absolute atomic E-state index is 0.0496.